The number of rotatable bonds is 8. The Bertz CT molecular complexity index is 1320. The molecule has 0 radical (unpaired) electrons. The van der Waals surface area contributed by atoms with Crippen LogP contribution in [0.3, 0.4) is 0 Å². The third-order valence-corrected chi connectivity index (χ3v) is 6.88. The van der Waals surface area contributed by atoms with Crippen molar-refractivity contribution in [3.63, 3.8) is 0 Å². The van der Waals surface area contributed by atoms with Gasteiger partial charge in [-0.25, -0.2) is 4.98 Å². The van der Waals surface area contributed by atoms with E-state index in [0.717, 1.165) is 60.6 Å². The maximum absolute atomic E-state index is 12.6. The number of pyridine rings is 1. The van der Waals surface area contributed by atoms with Gasteiger partial charge in [-0.1, -0.05) is 6.07 Å². The lowest BCUT2D eigenvalue weighted by Crippen LogP contribution is -2.47. The van der Waals surface area contributed by atoms with Gasteiger partial charge in [0.1, 0.15) is 17.5 Å². The van der Waals surface area contributed by atoms with Crippen LogP contribution in [0.25, 0.3) is 22.4 Å². The Balaban J connectivity index is 1.66. The van der Waals surface area contributed by atoms with Crippen molar-refractivity contribution in [3.05, 3.63) is 51.9 Å². The molecule has 2 N–H and O–H groups in total. The largest absolute Gasteiger partial charge is 0.459 e. The average molecular weight is 525 g/mol. The van der Waals surface area contributed by atoms with Crippen LogP contribution in [0.15, 0.2) is 35.3 Å². The van der Waals surface area contributed by atoms with Crippen LogP contribution in [0.2, 0.25) is 0 Å². The van der Waals surface area contributed by atoms with Crippen LogP contribution in [-0.2, 0) is 34.4 Å². The number of aromatic nitrogens is 3. The molecule has 0 aliphatic carbocycles. The Morgan fingerprint density at radius 1 is 1.26 bits per heavy atom. The van der Waals surface area contributed by atoms with E-state index in [1.165, 1.54) is 0 Å². The van der Waals surface area contributed by atoms with Crippen molar-refractivity contribution >= 4 is 17.0 Å². The summed E-state index contributed by atoms with van der Waals surface area (Å²) < 4.78 is 14.9. The standard InChI is InChI=1S/C29H40N4O5/c1-18-13-22(17-32(6)27(18)35)26-31-23-14-21(15-30-25(19(2)34)28(36)38-29(3,4)5)7-8-24(23)33(26)16-20-9-11-37-12-10-20/h7-8,13-14,17,19-20,25,30,34H,9-12,15-16H2,1-6H3/t19-,25+/m1/s1. The smallest absolute Gasteiger partial charge is 0.326 e. The number of hydrogen-bond acceptors (Lipinski definition) is 7. The Morgan fingerprint density at radius 2 is 1.97 bits per heavy atom. The number of hydrogen-bond donors (Lipinski definition) is 2. The molecule has 1 aliphatic rings. The van der Waals surface area contributed by atoms with Gasteiger partial charge in [0.2, 0.25) is 0 Å². The highest BCUT2D eigenvalue weighted by atomic mass is 16.6. The Labute approximate surface area is 223 Å². The number of imidazole rings is 1. The van der Waals surface area contributed by atoms with Crippen LogP contribution in [0.1, 0.15) is 51.7 Å². The van der Waals surface area contributed by atoms with Gasteiger partial charge >= 0.3 is 5.97 Å². The molecule has 38 heavy (non-hydrogen) atoms. The van der Waals surface area contributed by atoms with Crippen LogP contribution in [0, 0.1) is 12.8 Å². The fourth-order valence-corrected chi connectivity index (χ4v) is 4.92. The molecular weight excluding hydrogens is 484 g/mol. The molecule has 3 heterocycles. The number of aliphatic hydroxyl groups is 1. The predicted octanol–water partition coefficient (Wildman–Crippen LogP) is 3.32. The number of fused-ring (bicyclic) bond motifs is 1. The highest BCUT2D eigenvalue weighted by Gasteiger charge is 2.28. The minimum absolute atomic E-state index is 0.0214. The number of carbonyl (C=O) groups excluding carboxylic acids is 1. The molecule has 0 spiro atoms. The van der Waals surface area contributed by atoms with E-state index in [1.54, 1.807) is 39.3 Å². The first-order valence-electron chi connectivity index (χ1n) is 13.3. The maximum atomic E-state index is 12.6. The molecule has 1 aliphatic heterocycles. The van der Waals surface area contributed by atoms with Crippen LogP contribution in [0.4, 0.5) is 0 Å². The van der Waals surface area contributed by atoms with E-state index in [4.69, 9.17) is 14.5 Å². The number of benzene rings is 1. The van der Waals surface area contributed by atoms with Crippen molar-refractivity contribution < 1.29 is 19.4 Å². The lowest BCUT2D eigenvalue weighted by atomic mass is 10.00. The van der Waals surface area contributed by atoms with E-state index in [0.29, 0.717) is 18.0 Å². The molecule has 206 valence electrons. The zero-order chi connectivity index (χ0) is 27.6. The first-order valence-corrected chi connectivity index (χ1v) is 13.3. The third kappa shape index (κ3) is 6.51. The van der Waals surface area contributed by atoms with Gasteiger partial charge in [-0.3, -0.25) is 14.9 Å². The number of aliphatic hydroxyl groups excluding tert-OH is 1. The quantitative estimate of drug-likeness (QED) is 0.435. The van der Waals surface area contributed by atoms with Crippen LogP contribution >= 0.6 is 0 Å². The molecule has 1 aromatic carbocycles. The molecule has 3 aromatic rings. The van der Waals surface area contributed by atoms with Crippen molar-refractivity contribution in [1.82, 2.24) is 19.4 Å². The van der Waals surface area contributed by atoms with E-state index in [1.807, 2.05) is 31.3 Å². The summed E-state index contributed by atoms with van der Waals surface area (Å²) in [5, 5.41) is 13.4. The van der Waals surface area contributed by atoms with Gasteiger partial charge < -0.3 is 23.7 Å². The number of carbonyl (C=O) groups is 1. The molecule has 0 unspecified atom stereocenters. The van der Waals surface area contributed by atoms with E-state index in [-0.39, 0.29) is 5.56 Å². The van der Waals surface area contributed by atoms with Gasteiger partial charge in [-0.15, -0.1) is 0 Å². The van der Waals surface area contributed by atoms with E-state index in [2.05, 4.69) is 16.0 Å². The number of nitrogens with one attached hydrogen (secondary N) is 1. The molecule has 0 bridgehead atoms. The van der Waals surface area contributed by atoms with Crippen molar-refractivity contribution in [2.75, 3.05) is 13.2 Å². The van der Waals surface area contributed by atoms with Gasteiger partial charge in [0.05, 0.1) is 17.1 Å². The molecule has 4 rings (SSSR count). The molecule has 0 amide bonds. The summed E-state index contributed by atoms with van der Waals surface area (Å²) in [6.07, 6.45) is 2.93. The summed E-state index contributed by atoms with van der Waals surface area (Å²) in [6.45, 7) is 11.5. The minimum atomic E-state index is -0.910. The summed E-state index contributed by atoms with van der Waals surface area (Å²) in [5.74, 6) is 0.822. The van der Waals surface area contributed by atoms with Gasteiger partial charge in [0.25, 0.3) is 5.56 Å². The Kier molecular flexibility index (Phi) is 8.40. The molecule has 1 saturated heterocycles. The summed E-state index contributed by atoms with van der Waals surface area (Å²) in [7, 11) is 1.76. The number of nitrogens with zero attached hydrogens (tertiary/aromatic N) is 3. The highest BCUT2D eigenvalue weighted by Crippen LogP contribution is 2.29. The van der Waals surface area contributed by atoms with Gasteiger partial charge in [-0.2, -0.15) is 0 Å². The highest BCUT2D eigenvalue weighted by molar-refractivity contribution is 5.81. The fourth-order valence-electron chi connectivity index (χ4n) is 4.92. The third-order valence-electron chi connectivity index (χ3n) is 6.88. The summed E-state index contributed by atoms with van der Waals surface area (Å²) >= 11 is 0. The van der Waals surface area contributed by atoms with Gasteiger partial charge in [-0.05, 0) is 77.1 Å². The molecule has 0 saturated carbocycles. The summed E-state index contributed by atoms with van der Waals surface area (Å²) in [6, 6.07) is 7.14. The average Bonchev–Trinajstić information content (AvgIpc) is 3.19. The molecule has 2 aromatic heterocycles. The maximum Gasteiger partial charge on any atom is 0.326 e. The number of aryl methyl sites for hydroxylation is 2. The first kappa shape index (κ1) is 28.0. The summed E-state index contributed by atoms with van der Waals surface area (Å²) in [5.41, 5.74) is 3.69. The van der Waals surface area contributed by atoms with Crippen LogP contribution < -0.4 is 10.9 Å². The zero-order valence-electron chi connectivity index (χ0n) is 23.3. The molecule has 2 atom stereocenters. The van der Waals surface area contributed by atoms with Gasteiger partial charge in [0, 0.05) is 50.7 Å². The Morgan fingerprint density at radius 3 is 2.61 bits per heavy atom. The predicted molar refractivity (Wildman–Crippen MR) is 147 cm³/mol. The lowest BCUT2D eigenvalue weighted by Gasteiger charge is -2.26. The van der Waals surface area contributed by atoms with Crippen LogP contribution in [0.5, 0.6) is 0 Å². The topological polar surface area (TPSA) is 108 Å². The second-order valence-corrected chi connectivity index (χ2v) is 11.4. The fraction of sp³-hybridized carbons (Fsp3) is 0.552. The number of ether oxygens (including phenoxy) is 2. The molecule has 9 nitrogen and oxygen atoms in total. The monoisotopic (exact) mass is 524 g/mol. The van der Waals surface area contributed by atoms with E-state index < -0.39 is 23.7 Å². The Hall–Kier alpha value is -3.01. The molecule has 9 heteroatoms. The van der Waals surface area contributed by atoms with Crippen molar-refractivity contribution in [2.24, 2.45) is 13.0 Å². The van der Waals surface area contributed by atoms with E-state index in [9.17, 15) is 14.7 Å². The van der Waals surface area contributed by atoms with Crippen molar-refractivity contribution in [3.8, 4) is 11.4 Å². The van der Waals surface area contributed by atoms with Crippen molar-refractivity contribution in [2.45, 2.75) is 78.3 Å². The van der Waals surface area contributed by atoms with Gasteiger partial charge in [0.15, 0.2) is 0 Å². The van der Waals surface area contributed by atoms with Crippen molar-refractivity contribution in [1.29, 1.82) is 0 Å². The first-order chi connectivity index (χ1) is 17.9. The molecule has 1 fully saturated rings. The normalized spacial score (nSPS) is 16.5. The zero-order valence-corrected chi connectivity index (χ0v) is 23.3. The summed E-state index contributed by atoms with van der Waals surface area (Å²) in [4.78, 5) is 30.0. The second-order valence-electron chi connectivity index (χ2n) is 11.4. The number of esters is 1. The lowest BCUT2D eigenvalue weighted by molar-refractivity contribution is -0.160. The SMILES string of the molecule is Cc1cc(-c2nc3cc(CN[C@H](C(=O)OC(C)(C)C)[C@@H](C)O)ccc3n2CC2CCOCC2)cn(C)c1=O. The minimum Gasteiger partial charge on any atom is -0.459 e. The van der Waals surface area contributed by atoms with E-state index >= 15 is 0 Å². The second kappa shape index (κ2) is 11.4. The van der Waals surface area contributed by atoms with Crippen LogP contribution in [-0.4, -0.2) is 56.2 Å². The molecular formula is C29H40N4O5.